The average Bonchev–Trinajstić information content (AvgIpc) is 2.45. The van der Waals surface area contributed by atoms with Gasteiger partial charge in [0, 0.05) is 12.2 Å². The van der Waals surface area contributed by atoms with Crippen LogP contribution in [0.5, 0.6) is 0 Å². The van der Waals surface area contributed by atoms with Crippen molar-refractivity contribution in [2.75, 3.05) is 5.73 Å². The molecule has 2 aromatic rings. The Morgan fingerprint density at radius 1 is 1.10 bits per heavy atom. The van der Waals surface area contributed by atoms with Crippen molar-refractivity contribution in [3.63, 3.8) is 0 Å². The van der Waals surface area contributed by atoms with Gasteiger partial charge in [0.2, 0.25) is 10.0 Å². The molecule has 0 aliphatic heterocycles. The third-order valence-corrected chi connectivity index (χ3v) is 4.72. The highest BCUT2D eigenvalue weighted by molar-refractivity contribution is 7.89. The van der Waals surface area contributed by atoms with E-state index in [1.807, 2.05) is 0 Å². The Bertz CT molecular complexity index is 725. The minimum absolute atomic E-state index is 0.0311. The van der Waals surface area contributed by atoms with Crippen molar-refractivity contribution in [3.8, 4) is 0 Å². The lowest BCUT2D eigenvalue weighted by atomic mass is 10.1. The van der Waals surface area contributed by atoms with Crippen LogP contribution in [0.2, 0.25) is 0 Å². The Morgan fingerprint density at radius 3 is 2.29 bits per heavy atom. The summed E-state index contributed by atoms with van der Waals surface area (Å²) in [7, 11) is -3.58. The number of nitrogen functional groups attached to an aromatic ring is 1. The summed E-state index contributed by atoms with van der Waals surface area (Å²) in [6, 6.07) is 11.8. The Hall–Kier alpha value is -1.89. The first kappa shape index (κ1) is 15.5. The normalized spacial score (nSPS) is 11.5. The van der Waals surface area contributed by atoms with E-state index in [2.05, 4.69) is 4.72 Å². The Labute approximate surface area is 124 Å². The lowest BCUT2D eigenvalue weighted by Gasteiger charge is -2.10. The van der Waals surface area contributed by atoms with Crippen LogP contribution < -0.4 is 10.5 Å². The lowest BCUT2D eigenvalue weighted by molar-refractivity contribution is 0.282. The summed E-state index contributed by atoms with van der Waals surface area (Å²) in [5.74, 6) is 0. The molecule has 0 radical (unpaired) electrons. The van der Waals surface area contributed by atoms with Crippen LogP contribution in [0.1, 0.15) is 16.7 Å². The number of nitrogens with two attached hydrogens (primary N) is 1. The van der Waals surface area contributed by atoms with Gasteiger partial charge in [0.1, 0.15) is 0 Å². The van der Waals surface area contributed by atoms with E-state index in [-0.39, 0.29) is 18.0 Å². The van der Waals surface area contributed by atoms with Crippen LogP contribution in [-0.4, -0.2) is 13.5 Å². The molecule has 21 heavy (non-hydrogen) atoms. The molecule has 0 aromatic heterocycles. The summed E-state index contributed by atoms with van der Waals surface area (Å²) in [4.78, 5) is 0.226. The van der Waals surface area contributed by atoms with Crippen LogP contribution in [0.25, 0.3) is 0 Å². The summed E-state index contributed by atoms with van der Waals surface area (Å²) < 4.78 is 27.1. The van der Waals surface area contributed by atoms with Crippen LogP contribution in [0.4, 0.5) is 5.69 Å². The number of aliphatic hydroxyl groups is 1. The molecule has 112 valence electrons. The van der Waals surface area contributed by atoms with Crippen LogP contribution in [0, 0.1) is 6.92 Å². The first-order chi connectivity index (χ1) is 9.92. The zero-order valence-corrected chi connectivity index (χ0v) is 12.5. The molecule has 0 atom stereocenters. The monoisotopic (exact) mass is 306 g/mol. The second-order valence-corrected chi connectivity index (χ2v) is 6.56. The molecule has 6 heteroatoms. The highest BCUT2D eigenvalue weighted by atomic mass is 32.2. The fourth-order valence-corrected chi connectivity index (χ4v) is 3.23. The second kappa shape index (κ2) is 6.26. The van der Waals surface area contributed by atoms with Gasteiger partial charge in [-0.2, -0.15) is 0 Å². The largest absolute Gasteiger partial charge is 0.399 e. The fourth-order valence-electron chi connectivity index (χ4n) is 1.99. The fraction of sp³-hybridized carbons (Fsp3) is 0.200. The summed E-state index contributed by atoms with van der Waals surface area (Å²) in [5, 5.41) is 8.97. The van der Waals surface area contributed by atoms with Gasteiger partial charge in [-0.15, -0.1) is 0 Å². The van der Waals surface area contributed by atoms with Gasteiger partial charge < -0.3 is 10.8 Å². The summed E-state index contributed by atoms with van der Waals surface area (Å²) >= 11 is 0. The Balaban J connectivity index is 2.13. The first-order valence-corrected chi connectivity index (χ1v) is 7.95. The molecule has 0 bridgehead atoms. The number of hydrogen-bond acceptors (Lipinski definition) is 4. The maximum atomic E-state index is 12.3. The second-order valence-electron chi connectivity index (χ2n) is 4.82. The highest BCUT2D eigenvalue weighted by Crippen LogP contribution is 2.18. The molecule has 0 saturated carbocycles. The van der Waals surface area contributed by atoms with E-state index in [9.17, 15) is 8.42 Å². The van der Waals surface area contributed by atoms with Crippen molar-refractivity contribution >= 4 is 15.7 Å². The van der Waals surface area contributed by atoms with Crippen LogP contribution in [0.15, 0.2) is 47.4 Å². The summed E-state index contributed by atoms with van der Waals surface area (Å²) in [6.07, 6.45) is 0. The summed E-state index contributed by atoms with van der Waals surface area (Å²) in [6.45, 7) is 1.87. The van der Waals surface area contributed by atoms with E-state index in [0.717, 1.165) is 11.1 Å². The Morgan fingerprint density at radius 2 is 1.71 bits per heavy atom. The Kier molecular flexibility index (Phi) is 4.62. The van der Waals surface area contributed by atoms with Crippen LogP contribution >= 0.6 is 0 Å². The third kappa shape index (κ3) is 3.81. The number of nitrogens with one attached hydrogen (secondary N) is 1. The molecule has 0 fully saturated rings. The molecule has 0 spiro atoms. The van der Waals surface area contributed by atoms with Crippen molar-refractivity contribution < 1.29 is 13.5 Å². The molecule has 5 nitrogen and oxygen atoms in total. The van der Waals surface area contributed by atoms with E-state index in [1.54, 1.807) is 43.3 Å². The third-order valence-electron chi connectivity index (χ3n) is 3.16. The SMILES string of the molecule is Cc1cc(N)ccc1S(=O)(=O)NCc1ccc(CO)cc1. The van der Waals surface area contributed by atoms with Crippen molar-refractivity contribution in [3.05, 3.63) is 59.2 Å². The highest BCUT2D eigenvalue weighted by Gasteiger charge is 2.16. The van der Waals surface area contributed by atoms with E-state index in [1.165, 1.54) is 6.07 Å². The molecule has 0 unspecified atom stereocenters. The van der Waals surface area contributed by atoms with E-state index >= 15 is 0 Å². The first-order valence-electron chi connectivity index (χ1n) is 6.47. The number of rotatable bonds is 5. The predicted octanol–water partition coefficient (Wildman–Crippen LogP) is 1.55. The number of sulfonamides is 1. The molecule has 0 heterocycles. The molecule has 4 N–H and O–H groups in total. The molecular formula is C15H18N2O3S. The van der Waals surface area contributed by atoms with E-state index in [4.69, 9.17) is 10.8 Å². The number of aliphatic hydroxyl groups excluding tert-OH is 1. The van der Waals surface area contributed by atoms with Gasteiger partial charge in [-0.05, 0) is 41.8 Å². The average molecular weight is 306 g/mol. The number of anilines is 1. The smallest absolute Gasteiger partial charge is 0.241 e. The molecular weight excluding hydrogens is 288 g/mol. The molecule has 0 saturated heterocycles. The van der Waals surface area contributed by atoms with Crippen LogP contribution in [-0.2, 0) is 23.2 Å². The van der Waals surface area contributed by atoms with Crippen molar-refractivity contribution in [2.24, 2.45) is 0 Å². The minimum Gasteiger partial charge on any atom is -0.399 e. The van der Waals surface area contributed by atoms with Crippen molar-refractivity contribution in [1.82, 2.24) is 4.72 Å². The topological polar surface area (TPSA) is 92.4 Å². The molecule has 2 rings (SSSR count). The lowest BCUT2D eigenvalue weighted by Crippen LogP contribution is -2.24. The van der Waals surface area contributed by atoms with Gasteiger partial charge in [0.05, 0.1) is 11.5 Å². The number of hydrogen-bond donors (Lipinski definition) is 3. The number of benzene rings is 2. The van der Waals surface area contributed by atoms with E-state index < -0.39 is 10.0 Å². The maximum Gasteiger partial charge on any atom is 0.241 e. The summed E-state index contributed by atoms with van der Waals surface area (Å²) in [5.41, 5.74) is 8.38. The van der Waals surface area contributed by atoms with Gasteiger partial charge >= 0.3 is 0 Å². The van der Waals surface area contributed by atoms with E-state index in [0.29, 0.717) is 11.3 Å². The molecule has 0 aliphatic carbocycles. The van der Waals surface area contributed by atoms with Crippen molar-refractivity contribution in [1.29, 1.82) is 0 Å². The zero-order chi connectivity index (χ0) is 15.5. The van der Waals surface area contributed by atoms with Crippen LogP contribution in [0.3, 0.4) is 0 Å². The maximum absolute atomic E-state index is 12.3. The quantitative estimate of drug-likeness (QED) is 0.731. The van der Waals surface area contributed by atoms with Gasteiger partial charge in [-0.3, -0.25) is 0 Å². The van der Waals surface area contributed by atoms with Gasteiger partial charge in [0.15, 0.2) is 0 Å². The molecule has 0 amide bonds. The molecule has 0 aliphatic rings. The number of aryl methyl sites for hydroxylation is 1. The predicted molar refractivity (Wildman–Crippen MR) is 82.0 cm³/mol. The van der Waals surface area contributed by atoms with Gasteiger partial charge in [-0.1, -0.05) is 24.3 Å². The zero-order valence-electron chi connectivity index (χ0n) is 11.7. The molecule has 2 aromatic carbocycles. The van der Waals surface area contributed by atoms with Crippen molar-refractivity contribution in [2.45, 2.75) is 25.0 Å². The van der Waals surface area contributed by atoms with Gasteiger partial charge in [0.25, 0.3) is 0 Å². The van der Waals surface area contributed by atoms with Gasteiger partial charge in [-0.25, -0.2) is 13.1 Å². The standard InChI is InChI=1S/C15H18N2O3S/c1-11-8-14(16)6-7-15(11)21(19,20)17-9-12-2-4-13(10-18)5-3-12/h2-8,17-18H,9-10,16H2,1H3. The minimum atomic E-state index is -3.58.